The molecule has 1 saturated heterocycles. The van der Waals surface area contributed by atoms with E-state index >= 15 is 0 Å². The van der Waals surface area contributed by atoms with Crippen molar-refractivity contribution < 1.29 is 32.3 Å². The van der Waals surface area contributed by atoms with E-state index in [0.29, 0.717) is 30.2 Å². The molecule has 0 spiro atoms. The Morgan fingerprint density at radius 3 is 2.66 bits per heavy atom. The summed E-state index contributed by atoms with van der Waals surface area (Å²) in [6.45, 7) is 1.75. The van der Waals surface area contributed by atoms with E-state index in [1.807, 2.05) is 60.7 Å². The first-order chi connectivity index (χ1) is 24.0. The lowest BCUT2D eigenvalue weighted by Gasteiger charge is -2.30. The fraction of sp³-hybridized carbons (Fsp3) is 0.500. The minimum absolute atomic E-state index is 0.137. The number of allylic oxidation sites excluding steroid dienone is 1. The summed E-state index contributed by atoms with van der Waals surface area (Å²) in [7, 11) is -2.34. The smallest absolute Gasteiger partial charge is 0.274 e. The summed E-state index contributed by atoms with van der Waals surface area (Å²) in [4.78, 5) is 48.7. The number of hydrogen-bond donors (Lipinski definition) is 3. The zero-order valence-electron chi connectivity index (χ0n) is 28.2. The molecule has 0 bridgehead atoms. The van der Waals surface area contributed by atoms with E-state index in [4.69, 9.17) is 9.47 Å². The van der Waals surface area contributed by atoms with Crippen LogP contribution in [0.5, 0.6) is 10.9 Å². The van der Waals surface area contributed by atoms with Gasteiger partial charge in [0.15, 0.2) is 0 Å². The molecule has 2 aliphatic carbocycles. The molecule has 0 radical (unpaired) electrons. The van der Waals surface area contributed by atoms with E-state index in [2.05, 4.69) is 20.3 Å². The Labute approximate surface area is 296 Å². The highest BCUT2D eigenvalue weighted by atomic mass is 32.2. The third-order valence-electron chi connectivity index (χ3n) is 10.4. The molecule has 0 unspecified atom stereocenters. The highest BCUT2D eigenvalue weighted by Crippen LogP contribution is 2.47. The van der Waals surface area contributed by atoms with E-state index in [1.165, 1.54) is 11.3 Å². The summed E-state index contributed by atoms with van der Waals surface area (Å²) in [6.07, 6.45) is 8.68. The SMILES string of the molecule is COc1ccc2nc(O[C@@H]3C[C@H]4C(=O)N[C@]5(C(=O)NS(=O)(=O)C6(C)CC6)C[C@H]5/C=C\CCCCC[C@H](Nc5ccccc5)C(=O)N4C3)sc2c1. The van der Waals surface area contributed by atoms with Crippen molar-refractivity contribution in [3.8, 4) is 10.9 Å². The second kappa shape index (κ2) is 13.5. The number of nitrogens with zero attached hydrogens (tertiary/aromatic N) is 2. The molecular formula is C36H43N5O7S2. The quantitative estimate of drug-likeness (QED) is 0.285. The summed E-state index contributed by atoms with van der Waals surface area (Å²) in [5.41, 5.74) is 0.107. The van der Waals surface area contributed by atoms with Crippen LogP contribution in [0.2, 0.25) is 0 Å². The van der Waals surface area contributed by atoms with Gasteiger partial charge >= 0.3 is 0 Å². The van der Waals surface area contributed by atoms with Crippen molar-refractivity contribution in [1.82, 2.24) is 19.9 Å². The number of carbonyl (C=O) groups is 3. The number of ether oxygens (including phenoxy) is 2. The fourth-order valence-corrected chi connectivity index (χ4v) is 9.11. The first kappa shape index (κ1) is 34.3. The van der Waals surface area contributed by atoms with Crippen molar-refractivity contribution in [2.24, 2.45) is 5.92 Å². The molecule has 3 heterocycles. The van der Waals surface area contributed by atoms with Gasteiger partial charge in [-0.05, 0) is 75.8 Å². The summed E-state index contributed by atoms with van der Waals surface area (Å²) in [5.74, 6) is -1.17. The lowest BCUT2D eigenvalue weighted by Crippen LogP contribution is -2.58. The number of aromatic nitrogens is 1. The number of carbonyl (C=O) groups excluding carboxylic acids is 3. The van der Waals surface area contributed by atoms with Gasteiger partial charge in [-0.15, -0.1) is 0 Å². The van der Waals surface area contributed by atoms with E-state index in [0.717, 1.165) is 41.6 Å². The monoisotopic (exact) mass is 721 g/mol. The highest BCUT2D eigenvalue weighted by Gasteiger charge is 2.63. The Morgan fingerprint density at radius 2 is 1.90 bits per heavy atom. The molecule has 3 amide bonds. The molecule has 2 aromatic carbocycles. The topological polar surface area (TPSA) is 156 Å². The Hall–Kier alpha value is -4.17. The molecule has 5 atom stereocenters. The predicted molar refractivity (Wildman–Crippen MR) is 190 cm³/mol. The number of fused-ring (bicyclic) bond motifs is 3. The second-order valence-electron chi connectivity index (χ2n) is 14.1. The summed E-state index contributed by atoms with van der Waals surface area (Å²) < 4.78 is 40.1. The van der Waals surface area contributed by atoms with Crippen molar-refractivity contribution >= 4 is 55.0 Å². The van der Waals surface area contributed by atoms with E-state index in [9.17, 15) is 22.8 Å². The summed E-state index contributed by atoms with van der Waals surface area (Å²) >= 11 is 1.35. The zero-order chi connectivity index (χ0) is 35.1. The van der Waals surface area contributed by atoms with Crippen molar-refractivity contribution in [1.29, 1.82) is 0 Å². The van der Waals surface area contributed by atoms with Crippen LogP contribution in [-0.2, 0) is 24.4 Å². The predicted octanol–water partition coefficient (Wildman–Crippen LogP) is 4.53. The van der Waals surface area contributed by atoms with Gasteiger partial charge in [0.1, 0.15) is 29.5 Å². The largest absolute Gasteiger partial charge is 0.497 e. The van der Waals surface area contributed by atoms with Crippen LogP contribution in [0.15, 0.2) is 60.7 Å². The maximum atomic E-state index is 14.5. The Kier molecular flexibility index (Phi) is 9.27. The number of amides is 3. The van der Waals surface area contributed by atoms with Crippen LogP contribution in [0.25, 0.3) is 10.2 Å². The first-order valence-corrected chi connectivity index (χ1v) is 19.6. The van der Waals surface area contributed by atoms with Crippen LogP contribution in [0.1, 0.15) is 64.7 Å². The molecule has 7 rings (SSSR count). The molecule has 3 fully saturated rings. The number of thiazole rings is 1. The molecule has 2 aliphatic heterocycles. The number of para-hydroxylation sites is 1. The molecule has 3 aromatic rings. The van der Waals surface area contributed by atoms with Gasteiger partial charge in [-0.2, -0.15) is 0 Å². The highest BCUT2D eigenvalue weighted by molar-refractivity contribution is 7.91. The fourth-order valence-electron chi connectivity index (χ4n) is 6.89. The molecule has 50 heavy (non-hydrogen) atoms. The standard InChI is InChI=1S/C36H43N5O7S2/c1-35(17-18-35)50(45,46)40-33(44)36-21-23(36)11-7-4-3-5-10-14-28(37-24-12-8-6-9-13-24)32(43)41-22-26(19-29(41)31(42)39-36)48-34-38-27-16-15-25(47-2)20-30(27)49-34/h6-9,11-13,15-16,20,23,26,28-29,37H,3-5,10,14,17-19,21-22H2,1-2H3,(H,39,42)(H,40,44)/b11-7-/t23-,26-,28+,29+,36-/m1/s1. The Morgan fingerprint density at radius 1 is 1.10 bits per heavy atom. The van der Waals surface area contributed by atoms with Gasteiger partial charge in [-0.3, -0.25) is 19.1 Å². The van der Waals surface area contributed by atoms with Gasteiger partial charge in [0.2, 0.25) is 21.8 Å². The number of hydrogen-bond acceptors (Lipinski definition) is 10. The van der Waals surface area contributed by atoms with Crippen molar-refractivity contribution in [2.75, 3.05) is 19.0 Å². The third-order valence-corrected chi connectivity index (χ3v) is 13.5. The number of nitrogens with one attached hydrogen (secondary N) is 3. The number of methoxy groups -OCH3 is 1. The van der Waals surface area contributed by atoms with Crippen LogP contribution in [0, 0.1) is 5.92 Å². The van der Waals surface area contributed by atoms with Crippen LogP contribution in [-0.4, -0.2) is 78.2 Å². The number of sulfonamides is 1. The van der Waals surface area contributed by atoms with Gasteiger partial charge in [0, 0.05) is 18.0 Å². The van der Waals surface area contributed by atoms with Gasteiger partial charge in [-0.25, -0.2) is 13.4 Å². The van der Waals surface area contributed by atoms with Gasteiger partial charge < -0.3 is 25.0 Å². The van der Waals surface area contributed by atoms with E-state index < -0.39 is 50.3 Å². The minimum atomic E-state index is -3.93. The van der Waals surface area contributed by atoms with Crippen LogP contribution < -0.4 is 24.8 Å². The third kappa shape index (κ3) is 6.91. The maximum Gasteiger partial charge on any atom is 0.274 e. The van der Waals surface area contributed by atoms with Gasteiger partial charge in [-0.1, -0.05) is 54.5 Å². The molecule has 12 nitrogen and oxygen atoms in total. The molecule has 1 aromatic heterocycles. The number of anilines is 1. The van der Waals surface area contributed by atoms with Crippen LogP contribution >= 0.6 is 11.3 Å². The molecule has 14 heteroatoms. The molecule has 3 N–H and O–H groups in total. The summed E-state index contributed by atoms with van der Waals surface area (Å²) in [5, 5.41) is 6.76. The lowest BCUT2D eigenvalue weighted by molar-refractivity contribution is -0.140. The maximum absolute atomic E-state index is 14.5. The Bertz CT molecular complexity index is 1910. The average Bonchev–Trinajstić information content (AvgIpc) is 3.91. The van der Waals surface area contributed by atoms with Crippen LogP contribution in [0.4, 0.5) is 5.69 Å². The van der Waals surface area contributed by atoms with Crippen molar-refractivity contribution in [2.45, 2.75) is 93.2 Å². The van der Waals surface area contributed by atoms with Crippen molar-refractivity contribution in [3.63, 3.8) is 0 Å². The van der Waals surface area contributed by atoms with Gasteiger partial charge in [0.25, 0.3) is 11.1 Å². The number of rotatable bonds is 8. The number of benzene rings is 2. The van der Waals surface area contributed by atoms with E-state index in [-0.39, 0.29) is 31.2 Å². The molecule has 266 valence electrons. The second-order valence-corrected chi connectivity index (χ2v) is 17.3. The van der Waals surface area contributed by atoms with E-state index in [1.54, 1.807) is 18.9 Å². The Balaban J connectivity index is 1.18. The molecule has 2 saturated carbocycles. The normalized spacial score (nSPS) is 28.6. The average molecular weight is 722 g/mol. The lowest BCUT2D eigenvalue weighted by atomic mass is 10.0. The van der Waals surface area contributed by atoms with Crippen molar-refractivity contribution in [3.05, 3.63) is 60.7 Å². The molecular weight excluding hydrogens is 679 g/mol. The zero-order valence-corrected chi connectivity index (χ0v) is 29.9. The summed E-state index contributed by atoms with van der Waals surface area (Å²) in [6, 6.07) is 13.5. The first-order valence-electron chi connectivity index (χ1n) is 17.3. The van der Waals surface area contributed by atoms with Crippen LogP contribution in [0.3, 0.4) is 0 Å². The molecule has 4 aliphatic rings. The van der Waals surface area contributed by atoms with Gasteiger partial charge in [0.05, 0.1) is 28.6 Å². The minimum Gasteiger partial charge on any atom is -0.497 e.